The highest BCUT2D eigenvalue weighted by Gasteiger charge is 2.26. The lowest BCUT2D eigenvalue weighted by Crippen LogP contribution is -2.56. The van der Waals surface area contributed by atoms with Gasteiger partial charge in [0.2, 0.25) is 23.6 Å². The maximum atomic E-state index is 12.8. The number of rotatable bonds is 13. The predicted molar refractivity (Wildman–Crippen MR) is 134 cm³/mol. The third kappa shape index (κ3) is 9.43. The SMILES string of the molecule is COC(=O)/C=C/CNC(=O)CNC(=O)[C@H](CN)NC(=O)[C@H](CCc1nc2ccccc2s1)NC(C)=O. The van der Waals surface area contributed by atoms with E-state index in [1.54, 1.807) is 0 Å². The lowest BCUT2D eigenvalue weighted by Gasteiger charge is -2.21. The second-order valence-corrected chi connectivity index (χ2v) is 8.73. The van der Waals surface area contributed by atoms with Crippen LogP contribution in [0.3, 0.4) is 0 Å². The fourth-order valence-corrected chi connectivity index (χ4v) is 4.04. The van der Waals surface area contributed by atoms with E-state index in [2.05, 4.69) is 31.0 Å². The van der Waals surface area contributed by atoms with Crippen LogP contribution in [0.2, 0.25) is 0 Å². The van der Waals surface area contributed by atoms with E-state index in [0.717, 1.165) is 21.3 Å². The topological polar surface area (TPSA) is 182 Å². The maximum Gasteiger partial charge on any atom is 0.330 e. The number of benzene rings is 1. The van der Waals surface area contributed by atoms with E-state index in [-0.39, 0.29) is 26.1 Å². The Bertz CT molecular complexity index is 1080. The minimum absolute atomic E-state index is 0.0634. The van der Waals surface area contributed by atoms with Crippen molar-refractivity contribution in [2.45, 2.75) is 31.8 Å². The minimum Gasteiger partial charge on any atom is -0.466 e. The summed E-state index contributed by atoms with van der Waals surface area (Å²) in [5, 5.41) is 10.8. The summed E-state index contributed by atoms with van der Waals surface area (Å²) in [5.74, 6) is -2.69. The molecule has 4 amide bonds. The van der Waals surface area contributed by atoms with Gasteiger partial charge >= 0.3 is 5.97 Å². The van der Waals surface area contributed by atoms with Gasteiger partial charge in [-0.25, -0.2) is 9.78 Å². The summed E-state index contributed by atoms with van der Waals surface area (Å²) in [7, 11) is 1.23. The van der Waals surface area contributed by atoms with E-state index in [1.807, 2.05) is 24.3 Å². The number of aryl methyl sites for hydroxylation is 1. The second-order valence-electron chi connectivity index (χ2n) is 7.61. The molecule has 1 aromatic carbocycles. The predicted octanol–water partition coefficient (Wildman–Crippen LogP) is -0.861. The molecule has 194 valence electrons. The van der Waals surface area contributed by atoms with Gasteiger partial charge in [0.05, 0.1) is 28.9 Å². The molecule has 0 spiro atoms. The average molecular weight is 519 g/mol. The van der Waals surface area contributed by atoms with E-state index in [1.165, 1.54) is 31.4 Å². The van der Waals surface area contributed by atoms with E-state index in [0.29, 0.717) is 6.42 Å². The number of hydrogen-bond acceptors (Lipinski definition) is 9. The van der Waals surface area contributed by atoms with Crippen LogP contribution in [-0.4, -0.2) is 73.4 Å². The molecule has 2 rings (SSSR count). The highest BCUT2D eigenvalue weighted by molar-refractivity contribution is 7.18. The van der Waals surface area contributed by atoms with E-state index in [9.17, 15) is 24.0 Å². The zero-order valence-corrected chi connectivity index (χ0v) is 20.9. The molecule has 12 nitrogen and oxygen atoms in total. The van der Waals surface area contributed by atoms with Crippen molar-refractivity contribution in [2.24, 2.45) is 5.73 Å². The number of thiazole rings is 1. The molecule has 1 heterocycles. The van der Waals surface area contributed by atoms with Crippen LogP contribution in [0.25, 0.3) is 10.2 Å². The number of amides is 4. The summed E-state index contributed by atoms with van der Waals surface area (Å²) in [4.78, 5) is 64.3. The van der Waals surface area contributed by atoms with Crippen LogP contribution in [0.5, 0.6) is 0 Å². The maximum absolute atomic E-state index is 12.8. The van der Waals surface area contributed by atoms with Gasteiger partial charge in [0.1, 0.15) is 12.1 Å². The Kier molecular flexibility index (Phi) is 11.5. The number of nitrogens with one attached hydrogen (secondary N) is 4. The lowest BCUT2D eigenvalue weighted by atomic mass is 10.1. The summed E-state index contributed by atoms with van der Waals surface area (Å²) in [5.41, 5.74) is 6.52. The number of methoxy groups -OCH3 is 1. The Morgan fingerprint density at radius 1 is 1.08 bits per heavy atom. The van der Waals surface area contributed by atoms with Crippen LogP contribution in [0, 0.1) is 0 Å². The minimum atomic E-state index is -1.11. The molecule has 13 heteroatoms. The summed E-state index contributed by atoms with van der Waals surface area (Å²) < 4.78 is 5.45. The molecule has 0 radical (unpaired) electrons. The molecule has 0 saturated heterocycles. The first-order valence-electron chi connectivity index (χ1n) is 11.1. The van der Waals surface area contributed by atoms with Crippen molar-refractivity contribution in [1.29, 1.82) is 0 Å². The number of carbonyl (C=O) groups excluding carboxylic acids is 5. The van der Waals surface area contributed by atoms with Crippen LogP contribution < -0.4 is 27.0 Å². The van der Waals surface area contributed by atoms with Crippen LogP contribution in [0.1, 0.15) is 18.4 Å². The number of carbonyl (C=O) groups is 5. The number of ether oxygens (including phenoxy) is 1. The van der Waals surface area contributed by atoms with Gasteiger partial charge in [-0.1, -0.05) is 18.2 Å². The molecular weight excluding hydrogens is 488 g/mol. The number of esters is 1. The molecule has 0 aliphatic carbocycles. The van der Waals surface area contributed by atoms with Crippen LogP contribution in [0.4, 0.5) is 0 Å². The summed E-state index contributed by atoms with van der Waals surface area (Å²) in [6.45, 7) is 0.785. The van der Waals surface area contributed by atoms with Crippen LogP contribution in [0.15, 0.2) is 36.4 Å². The molecule has 1 aromatic heterocycles. The van der Waals surface area contributed by atoms with Crippen LogP contribution >= 0.6 is 11.3 Å². The third-order valence-corrected chi connectivity index (χ3v) is 5.94. The molecule has 0 fully saturated rings. The molecule has 2 aromatic rings. The van der Waals surface area contributed by atoms with Gasteiger partial charge in [-0.3, -0.25) is 19.2 Å². The first-order chi connectivity index (χ1) is 17.2. The van der Waals surface area contributed by atoms with Gasteiger partial charge in [-0.15, -0.1) is 11.3 Å². The average Bonchev–Trinajstić information content (AvgIpc) is 3.28. The number of nitrogens with two attached hydrogens (primary N) is 1. The Hall–Kier alpha value is -3.84. The molecule has 0 saturated carbocycles. The highest BCUT2D eigenvalue weighted by Crippen LogP contribution is 2.22. The fourth-order valence-electron chi connectivity index (χ4n) is 3.06. The van der Waals surface area contributed by atoms with Gasteiger partial charge in [-0.05, 0) is 18.6 Å². The summed E-state index contributed by atoms with van der Waals surface area (Å²) >= 11 is 1.51. The molecule has 0 bridgehead atoms. The zero-order valence-electron chi connectivity index (χ0n) is 20.0. The van der Waals surface area contributed by atoms with Crippen molar-refractivity contribution in [3.63, 3.8) is 0 Å². The molecule has 36 heavy (non-hydrogen) atoms. The zero-order chi connectivity index (χ0) is 26.5. The molecule has 2 atom stereocenters. The van der Waals surface area contributed by atoms with Crippen molar-refractivity contribution < 1.29 is 28.7 Å². The van der Waals surface area contributed by atoms with Gasteiger partial charge in [0.25, 0.3) is 0 Å². The highest BCUT2D eigenvalue weighted by atomic mass is 32.1. The van der Waals surface area contributed by atoms with Gasteiger partial charge in [0, 0.05) is 32.5 Å². The third-order valence-electron chi connectivity index (χ3n) is 4.84. The smallest absolute Gasteiger partial charge is 0.330 e. The van der Waals surface area contributed by atoms with Gasteiger partial charge < -0.3 is 31.7 Å². The van der Waals surface area contributed by atoms with Gasteiger partial charge in [-0.2, -0.15) is 0 Å². The Labute approximate surface area is 212 Å². The normalized spacial score (nSPS) is 12.5. The largest absolute Gasteiger partial charge is 0.466 e. The Balaban J connectivity index is 1.87. The molecule has 6 N–H and O–H groups in total. The Morgan fingerprint density at radius 3 is 2.50 bits per heavy atom. The first kappa shape index (κ1) is 28.4. The van der Waals surface area contributed by atoms with Gasteiger partial charge in [0.15, 0.2) is 0 Å². The molecule has 0 aliphatic rings. The number of hydrogen-bond donors (Lipinski definition) is 5. The number of fused-ring (bicyclic) bond motifs is 1. The summed E-state index contributed by atoms with van der Waals surface area (Å²) in [6, 6.07) is 5.66. The lowest BCUT2D eigenvalue weighted by molar-refractivity contribution is -0.135. The van der Waals surface area contributed by atoms with E-state index < -0.39 is 41.7 Å². The van der Waals surface area contributed by atoms with Crippen molar-refractivity contribution in [3.8, 4) is 0 Å². The fraction of sp³-hybridized carbons (Fsp3) is 0.391. The van der Waals surface area contributed by atoms with E-state index >= 15 is 0 Å². The molecule has 0 unspecified atom stereocenters. The summed E-state index contributed by atoms with van der Waals surface area (Å²) in [6.07, 6.45) is 3.26. The van der Waals surface area contributed by atoms with E-state index in [4.69, 9.17) is 5.73 Å². The number of para-hydroxylation sites is 1. The second kappa shape index (κ2) is 14.5. The van der Waals surface area contributed by atoms with Crippen molar-refractivity contribution in [1.82, 2.24) is 26.3 Å². The van der Waals surface area contributed by atoms with Crippen molar-refractivity contribution in [3.05, 3.63) is 41.4 Å². The van der Waals surface area contributed by atoms with Crippen molar-refractivity contribution in [2.75, 3.05) is 26.7 Å². The van der Waals surface area contributed by atoms with Crippen LogP contribution in [-0.2, 0) is 35.1 Å². The monoisotopic (exact) mass is 518 g/mol. The number of aromatic nitrogens is 1. The Morgan fingerprint density at radius 2 is 1.83 bits per heavy atom. The van der Waals surface area contributed by atoms with Crippen molar-refractivity contribution >= 4 is 51.2 Å². The number of nitrogens with zero attached hydrogens (tertiary/aromatic N) is 1. The molecular formula is C23H30N6O6S. The molecule has 0 aliphatic heterocycles. The standard InChI is InChI=1S/C23H30N6O6S/c1-14(30)27-16(9-10-20-28-15-6-3-4-7-18(15)36-20)23(34)29-17(12-24)22(33)26-13-19(31)25-11-5-8-21(32)35-2/h3-8,16-17H,9-13,24H2,1-2H3,(H,25,31)(H,26,33)(H,27,30)(H,29,34)/b8-5+/t16-,17-/m0/s1. The quantitative estimate of drug-likeness (QED) is 0.168. The first-order valence-corrected chi connectivity index (χ1v) is 12.0.